The van der Waals surface area contributed by atoms with Crippen LogP contribution >= 0.6 is 0 Å². The van der Waals surface area contributed by atoms with Crippen molar-refractivity contribution in [2.75, 3.05) is 26.2 Å². The summed E-state index contributed by atoms with van der Waals surface area (Å²) in [5, 5.41) is 26.2. The highest BCUT2D eigenvalue weighted by atomic mass is 16.4. The predicted octanol–water partition coefficient (Wildman–Crippen LogP) is -0.330. The van der Waals surface area contributed by atoms with Crippen molar-refractivity contribution in [1.29, 1.82) is 0 Å². The molecule has 0 saturated carbocycles. The second-order valence-electron chi connectivity index (χ2n) is 4.29. The third kappa shape index (κ3) is 6.61. The molecule has 0 aliphatic heterocycles. The van der Waals surface area contributed by atoms with E-state index < -0.39 is 31.1 Å². The Morgan fingerprint density at radius 1 is 1.05 bits per heavy atom. The zero-order valence-corrected chi connectivity index (χ0v) is 11.1. The second kappa shape index (κ2) is 8.30. The van der Waals surface area contributed by atoms with Crippen LogP contribution in [0.3, 0.4) is 0 Å². The molecule has 0 bridgehead atoms. The Hall–Kier alpha value is -1.83. The number of hydrogen-bond acceptors (Lipinski definition) is 4. The lowest BCUT2D eigenvalue weighted by molar-refractivity contribution is -0.140. The lowest BCUT2D eigenvalue weighted by atomic mass is 10.3. The van der Waals surface area contributed by atoms with Crippen molar-refractivity contribution in [2.45, 2.75) is 26.3 Å². The van der Waals surface area contributed by atoms with E-state index in [9.17, 15) is 14.4 Å². The van der Waals surface area contributed by atoms with Crippen molar-refractivity contribution in [3.05, 3.63) is 0 Å². The first-order valence-electron chi connectivity index (χ1n) is 5.89. The molecule has 0 aromatic rings. The summed E-state index contributed by atoms with van der Waals surface area (Å²) in [6.07, 6.45) is 0.345. The lowest BCUT2D eigenvalue weighted by Crippen LogP contribution is -2.50. The number of carboxylic acids is 2. The van der Waals surface area contributed by atoms with Crippen LogP contribution in [0, 0.1) is 0 Å². The Kier molecular flexibility index (Phi) is 7.50. The van der Waals surface area contributed by atoms with Gasteiger partial charge in [-0.1, -0.05) is 0 Å². The van der Waals surface area contributed by atoms with Crippen LogP contribution in [-0.4, -0.2) is 75.4 Å². The van der Waals surface area contributed by atoms with E-state index in [4.69, 9.17) is 15.3 Å². The standard InChI is InChI=1S/C11H20N2O6/c1-8(2)13(4-3-5-14)11(19)12(6-9(15)16)7-10(17)18/h8,14H,3-7H2,1-2H3,(H,15,16)(H,17,18). The summed E-state index contributed by atoms with van der Waals surface area (Å²) in [7, 11) is 0. The minimum atomic E-state index is -1.28. The Morgan fingerprint density at radius 3 is 1.84 bits per heavy atom. The van der Waals surface area contributed by atoms with Gasteiger partial charge < -0.3 is 25.1 Å². The summed E-state index contributed by atoms with van der Waals surface area (Å²) >= 11 is 0. The van der Waals surface area contributed by atoms with Gasteiger partial charge in [-0.3, -0.25) is 9.59 Å². The number of aliphatic hydroxyl groups excluding tert-OH is 1. The summed E-state index contributed by atoms with van der Waals surface area (Å²) < 4.78 is 0. The first-order valence-corrected chi connectivity index (χ1v) is 5.89. The van der Waals surface area contributed by atoms with Crippen molar-refractivity contribution < 1.29 is 29.7 Å². The van der Waals surface area contributed by atoms with Crippen molar-refractivity contribution in [2.24, 2.45) is 0 Å². The topological polar surface area (TPSA) is 118 Å². The Bertz CT molecular complexity index is 315. The monoisotopic (exact) mass is 276 g/mol. The van der Waals surface area contributed by atoms with Crippen LogP contribution in [0.5, 0.6) is 0 Å². The largest absolute Gasteiger partial charge is 0.480 e. The number of carbonyl (C=O) groups is 3. The lowest BCUT2D eigenvalue weighted by Gasteiger charge is -2.31. The van der Waals surface area contributed by atoms with E-state index in [-0.39, 0.29) is 19.2 Å². The molecule has 0 radical (unpaired) electrons. The molecule has 0 spiro atoms. The van der Waals surface area contributed by atoms with Gasteiger partial charge in [-0.25, -0.2) is 4.79 Å². The second-order valence-corrected chi connectivity index (χ2v) is 4.29. The SMILES string of the molecule is CC(C)N(CCCO)C(=O)N(CC(=O)O)CC(=O)O. The Balaban J connectivity index is 4.88. The zero-order valence-electron chi connectivity index (χ0n) is 11.1. The van der Waals surface area contributed by atoms with E-state index in [0.29, 0.717) is 6.42 Å². The summed E-state index contributed by atoms with van der Waals surface area (Å²) in [5.41, 5.74) is 0. The molecule has 0 aliphatic rings. The molecular weight excluding hydrogens is 256 g/mol. The van der Waals surface area contributed by atoms with Gasteiger partial charge in [-0.05, 0) is 20.3 Å². The van der Waals surface area contributed by atoms with E-state index in [1.165, 1.54) is 4.90 Å². The average Bonchev–Trinajstić information content (AvgIpc) is 2.26. The van der Waals surface area contributed by atoms with Gasteiger partial charge in [0.1, 0.15) is 13.1 Å². The minimum absolute atomic E-state index is 0.103. The van der Waals surface area contributed by atoms with Crippen LogP contribution in [0.1, 0.15) is 20.3 Å². The van der Waals surface area contributed by atoms with Crippen LogP contribution in [0.15, 0.2) is 0 Å². The van der Waals surface area contributed by atoms with Crippen LogP contribution < -0.4 is 0 Å². The van der Waals surface area contributed by atoms with Crippen LogP contribution in [0.2, 0.25) is 0 Å². The number of nitrogens with zero attached hydrogens (tertiary/aromatic N) is 2. The van der Waals surface area contributed by atoms with Gasteiger partial charge >= 0.3 is 18.0 Å². The van der Waals surface area contributed by atoms with Crippen LogP contribution in [-0.2, 0) is 9.59 Å². The van der Waals surface area contributed by atoms with Crippen LogP contribution in [0.4, 0.5) is 4.79 Å². The molecule has 8 heteroatoms. The molecule has 0 rings (SSSR count). The van der Waals surface area contributed by atoms with E-state index in [0.717, 1.165) is 4.90 Å². The first kappa shape index (κ1) is 17.2. The molecule has 8 nitrogen and oxygen atoms in total. The summed E-state index contributed by atoms with van der Waals surface area (Å²) in [6, 6.07) is -0.877. The third-order valence-corrected chi connectivity index (χ3v) is 2.35. The quantitative estimate of drug-likeness (QED) is 0.558. The Labute approximate surface area is 111 Å². The molecule has 0 aliphatic carbocycles. The van der Waals surface area contributed by atoms with Gasteiger partial charge in [0.2, 0.25) is 0 Å². The maximum Gasteiger partial charge on any atom is 0.323 e. The number of carbonyl (C=O) groups excluding carboxylic acids is 1. The molecule has 0 aromatic heterocycles. The predicted molar refractivity (Wildman–Crippen MR) is 65.8 cm³/mol. The van der Waals surface area contributed by atoms with Gasteiger partial charge in [0.05, 0.1) is 0 Å². The highest BCUT2D eigenvalue weighted by Gasteiger charge is 2.26. The number of aliphatic hydroxyl groups is 1. The fourth-order valence-electron chi connectivity index (χ4n) is 1.52. The number of aliphatic carboxylic acids is 2. The summed E-state index contributed by atoms with van der Waals surface area (Å²) in [5.74, 6) is -2.55. The third-order valence-electron chi connectivity index (χ3n) is 2.35. The smallest absolute Gasteiger partial charge is 0.323 e. The fourth-order valence-corrected chi connectivity index (χ4v) is 1.52. The fraction of sp³-hybridized carbons (Fsp3) is 0.727. The molecule has 0 aromatic carbocycles. The van der Waals surface area contributed by atoms with Crippen molar-refractivity contribution in [3.63, 3.8) is 0 Å². The molecular formula is C11H20N2O6. The van der Waals surface area contributed by atoms with Gasteiger partial charge in [0.25, 0.3) is 0 Å². The van der Waals surface area contributed by atoms with E-state index in [1.807, 2.05) is 0 Å². The molecule has 2 amide bonds. The summed E-state index contributed by atoms with van der Waals surface area (Å²) in [4.78, 5) is 35.5. The minimum Gasteiger partial charge on any atom is -0.480 e. The first-order chi connectivity index (χ1) is 8.79. The molecule has 0 unspecified atom stereocenters. The van der Waals surface area contributed by atoms with E-state index in [1.54, 1.807) is 13.8 Å². The molecule has 0 saturated heterocycles. The number of carboxylic acid groups (broad SMARTS) is 2. The van der Waals surface area contributed by atoms with Crippen molar-refractivity contribution in [1.82, 2.24) is 9.80 Å². The van der Waals surface area contributed by atoms with Gasteiger partial charge in [-0.15, -0.1) is 0 Å². The van der Waals surface area contributed by atoms with Gasteiger partial charge in [0.15, 0.2) is 0 Å². The maximum atomic E-state index is 12.1. The molecule has 0 fully saturated rings. The summed E-state index contributed by atoms with van der Waals surface area (Å²) in [6.45, 7) is 2.25. The number of rotatable bonds is 8. The van der Waals surface area contributed by atoms with Crippen molar-refractivity contribution >= 4 is 18.0 Å². The van der Waals surface area contributed by atoms with E-state index in [2.05, 4.69) is 0 Å². The molecule has 110 valence electrons. The maximum absolute atomic E-state index is 12.1. The van der Waals surface area contributed by atoms with E-state index >= 15 is 0 Å². The Morgan fingerprint density at radius 2 is 1.53 bits per heavy atom. The molecule has 0 heterocycles. The molecule has 19 heavy (non-hydrogen) atoms. The normalized spacial score (nSPS) is 10.3. The van der Waals surface area contributed by atoms with Gasteiger partial charge in [-0.2, -0.15) is 0 Å². The number of urea groups is 1. The highest BCUT2D eigenvalue weighted by Crippen LogP contribution is 2.06. The number of amides is 2. The number of hydrogen-bond donors (Lipinski definition) is 3. The van der Waals surface area contributed by atoms with Crippen molar-refractivity contribution in [3.8, 4) is 0 Å². The zero-order chi connectivity index (χ0) is 15.0. The average molecular weight is 276 g/mol. The van der Waals surface area contributed by atoms with Gasteiger partial charge in [0, 0.05) is 19.2 Å². The molecule has 3 N–H and O–H groups in total. The van der Waals surface area contributed by atoms with Crippen LogP contribution in [0.25, 0.3) is 0 Å². The molecule has 0 atom stereocenters. The highest BCUT2D eigenvalue weighted by molar-refractivity contribution is 5.84.